The van der Waals surface area contributed by atoms with Gasteiger partial charge in [0.2, 0.25) is 0 Å². The van der Waals surface area contributed by atoms with Crippen LogP contribution in [0.4, 0.5) is 4.39 Å². The Hall–Kier alpha value is -2.77. The van der Waals surface area contributed by atoms with Crippen LogP contribution in [0, 0.1) is 11.7 Å². The normalized spacial score (nSPS) is 17.3. The minimum absolute atomic E-state index is 0.122. The number of aromatic nitrogens is 3. The highest BCUT2D eigenvalue weighted by molar-refractivity contribution is 5.92. The molecule has 26 heavy (non-hydrogen) atoms. The van der Waals surface area contributed by atoms with E-state index in [9.17, 15) is 14.0 Å². The van der Waals surface area contributed by atoms with Crippen LogP contribution in [0.3, 0.4) is 0 Å². The average Bonchev–Trinajstić information content (AvgIpc) is 3.08. The maximum Gasteiger partial charge on any atom is 0.303 e. The number of halogens is 1. The first-order valence-corrected chi connectivity index (χ1v) is 8.67. The van der Waals surface area contributed by atoms with E-state index >= 15 is 0 Å². The van der Waals surface area contributed by atoms with Gasteiger partial charge in [0.25, 0.3) is 5.91 Å². The smallest absolute Gasteiger partial charge is 0.303 e. The third-order valence-corrected chi connectivity index (χ3v) is 4.56. The van der Waals surface area contributed by atoms with Crippen LogP contribution in [-0.4, -0.2) is 50.0 Å². The van der Waals surface area contributed by atoms with Crippen molar-refractivity contribution in [3.63, 3.8) is 0 Å². The van der Waals surface area contributed by atoms with Crippen LogP contribution >= 0.6 is 0 Å². The minimum atomic E-state index is -0.811. The lowest BCUT2D eigenvalue weighted by Gasteiger charge is -2.32. The molecule has 0 bridgehead atoms. The van der Waals surface area contributed by atoms with E-state index < -0.39 is 5.97 Å². The predicted octanol–water partition coefficient (Wildman–Crippen LogP) is 2.18. The minimum Gasteiger partial charge on any atom is -0.481 e. The van der Waals surface area contributed by atoms with Crippen molar-refractivity contribution in [1.29, 1.82) is 0 Å². The summed E-state index contributed by atoms with van der Waals surface area (Å²) in [7, 11) is 0. The van der Waals surface area contributed by atoms with Gasteiger partial charge in [-0.3, -0.25) is 9.59 Å². The number of hydrogen-bond acceptors (Lipinski definition) is 4. The molecule has 138 valence electrons. The molecule has 7 nitrogen and oxygen atoms in total. The number of aliphatic carboxylic acids is 1. The topological polar surface area (TPSA) is 88.3 Å². The van der Waals surface area contributed by atoms with Gasteiger partial charge in [-0.1, -0.05) is 17.3 Å². The summed E-state index contributed by atoms with van der Waals surface area (Å²) >= 11 is 0. The molecule has 1 atom stereocenters. The number of carbonyl (C=O) groups excluding carboxylic acids is 1. The molecule has 1 aromatic heterocycles. The van der Waals surface area contributed by atoms with E-state index in [4.69, 9.17) is 5.11 Å². The summed E-state index contributed by atoms with van der Waals surface area (Å²) in [6.07, 6.45) is 4.05. The predicted molar refractivity (Wildman–Crippen MR) is 91.0 cm³/mol. The van der Waals surface area contributed by atoms with Crippen molar-refractivity contribution in [2.45, 2.75) is 32.2 Å². The van der Waals surface area contributed by atoms with Crippen molar-refractivity contribution in [2.75, 3.05) is 13.1 Å². The second-order valence-corrected chi connectivity index (χ2v) is 6.62. The Kier molecular flexibility index (Phi) is 5.60. The lowest BCUT2D eigenvalue weighted by atomic mass is 9.93. The molecule has 0 saturated carbocycles. The summed E-state index contributed by atoms with van der Waals surface area (Å²) in [4.78, 5) is 25.1. The Labute approximate surface area is 150 Å². The second kappa shape index (κ2) is 8.07. The van der Waals surface area contributed by atoms with Crippen LogP contribution in [0.1, 0.15) is 41.7 Å². The number of piperidine rings is 1. The van der Waals surface area contributed by atoms with Crippen LogP contribution < -0.4 is 0 Å². The largest absolute Gasteiger partial charge is 0.481 e. The molecule has 1 amide bonds. The maximum absolute atomic E-state index is 13.3. The summed E-state index contributed by atoms with van der Waals surface area (Å²) in [5.41, 5.74) is 0.987. The summed E-state index contributed by atoms with van der Waals surface area (Å²) in [5, 5.41) is 16.7. The molecule has 0 radical (unpaired) electrons. The van der Waals surface area contributed by atoms with Gasteiger partial charge in [0.05, 0.1) is 12.7 Å². The second-order valence-electron chi connectivity index (χ2n) is 6.62. The van der Waals surface area contributed by atoms with Crippen LogP contribution in [0.25, 0.3) is 0 Å². The summed E-state index contributed by atoms with van der Waals surface area (Å²) in [6.45, 7) is 1.52. The van der Waals surface area contributed by atoms with Gasteiger partial charge in [0.1, 0.15) is 5.82 Å². The van der Waals surface area contributed by atoms with E-state index in [1.54, 1.807) is 23.2 Å². The number of amides is 1. The van der Waals surface area contributed by atoms with E-state index in [2.05, 4.69) is 10.3 Å². The van der Waals surface area contributed by atoms with Crippen LogP contribution in [0.5, 0.6) is 0 Å². The fourth-order valence-electron chi connectivity index (χ4n) is 3.27. The number of hydrogen-bond donors (Lipinski definition) is 1. The summed E-state index contributed by atoms with van der Waals surface area (Å²) in [6, 6.07) is 6.19. The molecule has 8 heteroatoms. The molecular weight excluding hydrogens is 339 g/mol. The zero-order valence-electron chi connectivity index (χ0n) is 14.3. The molecule has 1 fully saturated rings. The number of rotatable bonds is 6. The van der Waals surface area contributed by atoms with Gasteiger partial charge in [-0.2, -0.15) is 0 Å². The maximum atomic E-state index is 13.3. The van der Waals surface area contributed by atoms with Crippen molar-refractivity contribution in [2.24, 2.45) is 5.92 Å². The van der Waals surface area contributed by atoms with Gasteiger partial charge in [0, 0.05) is 19.5 Å². The SMILES string of the molecule is O=C(O)CCC1CCCN(C(=O)c2cn(Cc3cccc(F)c3)nn2)C1. The Morgan fingerprint density at radius 2 is 2.19 bits per heavy atom. The Bertz CT molecular complexity index is 792. The highest BCUT2D eigenvalue weighted by Gasteiger charge is 2.26. The van der Waals surface area contributed by atoms with Gasteiger partial charge in [-0.05, 0) is 42.9 Å². The Morgan fingerprint density at radius 3 is 2.96 bits per heavy atom. The zero-order valence-corrected chi connectivity index (χ0v) is 14.3. The molecule has 1 saturated heterocycles. The molecule has 1 aromatic carbocycles. The molecule has 0 aliphatic carbocycles. The van der Waals surface area contributed by atoms with E-state index in [0.717, 1.165) is 18.4 Å². The Morgan fingerprint density at radius 1 is 1.35 bits per heavy atom. The standard InChI is InChI=1S/C18H21FN4O3/c19-15-5-1-3-14(9-15)11-23-12-16(20-21-23)18(26)22-8-2-4-13(10-22)6-7-17(24)25/h1,3,5,9,12-13H,2,4,6-8,10-11H2,(H,24,25). The lowest BCUT2D eigenvalue weighted by molar-refractivity contribution is -0.137. The number of nitrogens with zero attached hydrogens (tertiary/aromatic N) is 4. The van der Waals surface area contributed by atoms with E-state index in [1.807, 2.05) is 0 Å². The first kappa shape index (κ1) is 18.0. The molecule has 3 rings (SSSR count). The molecular formula is C18H21FN4O3. The van der Waals surface area contributed by atoms with Crippen LogP contribution in [0.15, 0.2) is 30.5 Å². The quantitative estimate of drug-likeness (QED) is 0.853. The summed E-state index contributed by atoms with van der Waals surface area (Å²) in [5.74, 6) is -1.13. The molecule has 2 aromatic rings. The highest BCUT2D eigenvalue weighted by atomic mass is 19.1. The van der Waals surface area contributed by atoms with Gasteiger partial charge in [0.15, 0.2) is 5.69 Å². The fourth-order valence-corrected chi connectivity index (χ4v) is 3.27. The third-order valence-electron chi connectivity index (χ3n) is 4.56. The zero-order chi connectivity index (χ0) is 18.5. The van der Waals surface area contributed by atoms with Gasteiger partial charge in [-0.25, -0.2) is 9.07 Å². The Balaban J connectivity index is 1.61. The van der Waals surface area contributed by atoms with Crippen molar-refractivity contribution < 1.29 is 19.1 Å². The number of likely N-dealkylation sites (tertiary alicyclic amines) is 1. The number of benzene rings is 1. The van der Waals surface area contributed by atoms with Crippen LogP contribution in [0.2, 0.25) is 0 Å². The first-order chi connectivity index (χ1) is 12.5. The van der Waals surface area contributed by atoms with E-state index in [-0.39, 0.29) is 29.8 Å². The molecule has 2 heterocycles. The third kappa shape index (κ3) is 4.65. The molecule has 1 N–H and O–H groups in total. The average molecular weight is 360 g/mol. The van der Waals surface area contributed by atoms with E-state index in [1.165, 1.54) is 16.8 Å². The molecule has 0 spiro atoms. The van der Waals surface area contributed by atoms with Crippen molar-refractivity contribution in [3.8, 4) is 0 Å². The van der Waals surface area contributed by atoms with Crippen molar-refractivity contribution >= 4 is 11.9 Å². The summed E-state index contributed by atoms with van der Waals surface area (Å²) < 4.78 is 14.8. The van der Waals surface area contributed by atoms with Gasteiger partial charge < -0.3 is 10.0 Å². The number of carboxylic acids is 1. The lowest BCUT2D eigenvalue weighted by Crippen LogP contribution is -2.40. The molecule has 1 aliphatic heterocycles. The van der Waals surface area contributed by atoms with Gasteiger partial charge in [-0.15, -0.1) is 5.10 Å². The van der Waals surface area contributed by atoms with Crippen molar-refractivity contribution in [3.05, 3.63) is 47.5 Å². The fraction of sp³-hybridized carbons (Fsp3) is 0.444. The van der Waals surface area contributed by atoms with Crippen LogP contribution in [-0.2, 0) is 11.3 Å². The van der Waals surface area contributed by atoms with E-state index in [0.29, 0.717) is 26.1 Å². The first-order valence-electron chi connectivity index (χ1n) is 8.67. The number of carboxylic acid groups (broad SMARTS) is 1. The molecule has 1 aliphatic rings. The monoisotopic (exact) mass is 360 g/mol. The number of carbonyl (C=O) groups is 2. The van der Waals surface area contributed by atoms with Crippen molar-refractivity contribution in [1.82, 2.24) is 19.9 Å². The molecule has 1 unspecified atom stereocenters. The van der Waals surface area contributed by atoms with Gasteiger partial charge >= 0.3 is 5.97 Å². The highest BCUT2D eigenvalue weighted by Crippen LogP contribution is 2.22.